The number of alkyl halides is 1. The lowest BCUT2D eigenvalue weighted by Gasteiger charge is -2.43. The summed E-state index contributed by atoms with van der Waals surface area (Å²) in [5, 5.41) is 13.2. The number of halogens is 2. The fraction of sp³-hybridized carbons (Fsp3) is 0.318. The van der Waals surface area contributed by atoms with Gasteiger partial charge in [-0.25, -0.2) is 18.6 Å². The minimum atomic E-state index is -0.976. The lowest BCUT2D eigenvalue weighted by Crippen LogP contribution is -2.49. The van der Waals surface area contributed by atoms with Crippen LogP contribution >= 0.6 is 11.3 Å². The Morgan fingerprint density at radius 3 is 2.85 bits per heavy atom. The van der Waals surface area contributed by atoms with Gasteiger partial charge in [-0.15, -0.1) is 21.5 Å². The van der Waals surface area contributed by atoms with E-state index in [9.17, 15) is 13.6 Å². The van der Waals surface area contributed by atoms with E-state index in [4.69, 9.17) is 4.74 Å². The highest BCUT2D eigenvalue weighted by molar-refractivity contribution is 7.15. The molecule has 0 amide bonds. The second kappa shape index (κ2) is 8.47. The molecule has 0 unspecified atom stereocenters. The number of esters is 1. The molecule has 1 aliphatic carbocycles. The van der Waals surface area contributed by atoms with Gasteiger partial charge >= 0.3 is 5.97 Å². The Morgan fingerprint density at radius 2 is 2.15 bits per heavy atom. The monoisotopic (exact) mass is 470 g/mol. The molecule has 33 heavy (non-hydrogen) atoms. The van der Waals surface area contributed by atoms with Crippen molar-refractivity contribution < 1.29 is 18.3 Å². The van der Waals surface area contributed by atoms with Crippen molar-refractivity contribution in [2.75, 3.05) is 18.5 Å². The number of fused-ring (bicyclic) bond motifs is 1. The average Bonchev–Trinajstić information content (AvgIpc) is 3.38. The first-order valence-corrected chi connectivity index (χ1v) is 11.3. The number of rotatable bonds is 7. The van der Waals surface area contributed by atoms with Crippen LogP contribution in [0, 0.1) is 5.82 Å². The van der Waals surface area contributed by atoms with Gasteiger partial charge in [0.2, 0.25) is 0 Å². The fourth-order valence-electron chi connectivity index (χ4n) is 4.07. The molecule has 0 spiro atoms. The molecule has 0 bridgehead atoms. The summed E-state index contributed by atoms with van der Waals surface area (Å²) in [4.78, 5) is 21.4. The number of carbonyl (C=O) groups is 1. The van der Waals surface area contributed by atoms with Crippen LogP contribution in [0.1, 0.15) is 35.9 Å². The first-order chi connectivity index (χ1) is 16.0. The number of hydrogen-bond donors (Lipinski definition) is 1. The van der Waals surface area contributed by atoms with Gasteiger partial charge in [-0.2, -0.15) is 0 Å². The zero-order valence-electron chi connectivity index (χ0n) is 17.7. The molecule has 0 aromatic carbocycles. The number of pyridine rings is 1. The first kappa shape index (κ1) is 21.4. The first-order valence-electron chi connectivity index (χ1n) is 10.5. The largest absolute Gasteiger partial charge is 0.461 e. The van der Waals surface area contributed by atoms with Crippen molar-refractivity contribution in [3.05, 3.63) is 59.2 Å². The van der Waals surface area contributed by atoms with E-state index in [1.54, 1.807) is 35.0 Å². The smallest absolute Gasteiger partial charge is 0.356 e. The predicted octanol–water partition coefficient (Wildman–Crippen LogP) is 4.05. The molecule has 1 aliphatic rings. The molecule has 4 heterocycles. The summed E-state index contributed by atoms with van der Waals surface area (Å²) in [5.41, 5.74) is 1.05. The van der Waals surface area contributed by atoms with Gasteiger partial charge in [-0.3, -0.25) is 9.38 Å². The van der Waals surface area contributed by atoms with E-state index < -0.39 is 23.4 Å². The molecular formula is C22H20F2N6O2S. The van der Waals surface area contributed by atoms with Crippen LogP contribution in [-0.4, -0.2) is 49.9 Å². The number of aromatic nitrogens is 5. The van der Waals surface area contributed by atoms with Crippen molar-refractivity contribution in [3.63, 3.8) is 0 Å². The van der Waals surface area contributed by atoms with Crippen LogP contribution in [0.2, 0.25) is 0 Å². The van der Waals surface area contributed by atoms with Gasteiger partial charge in [-0.05, 0) is 44.0 Å². The maximum absolute atomic E-state index is 14.3. The molecule has 1 fully saturated rings. The van der Waals surface area contributed by atoms with Gasteiger partial charge in [0.15, 0.2) is 4.96 Å². The van der Waals surface area contributed by atoms with E-state index >= 15 is 0 Å². The van der Waals surface area contributed by atoms with Crippen molar-refractivity contribution in [1.82, 2.24) is 24.6 Å². The Bertz CT molecular complexity index is 1300. The molecule has 4 aromatic rings. The Kier molecular flexibility index (Phi) is 5.49. The third-order valence-electron chi connectivity index (χ3n) is 5.71. The summed E-state index contributed by atoms with van der Waals surface area (Å²) in [7, 11) is 0. The Balaban J connectivity index is 1.32. The van der Waals surface area contributed by atoms with Crippen LogP contribution in [0.25, 0.3) is 16.3 Å². The highest BCUT2D eigenvalue weighted by Crippen LogP contribution is 2.45. The van der Waals surface area contributed by atoms with Gasteiger partial charge in [0, 0.05) is 29.7 Å². The molecule has 5 rings (SSSR count). The van der Waals surface area contributed by atoms with Gasteiger partial charge in [0.1, 0.15) is 34.9 Å². The van der Waals surface area contributed by atoms with Crippen molar-refractivity contribution in [3.8, 4) is 11.4 Å². The van der Waals surface area contributed by atoms with E-state index in [1.807, 2.05) is 0 Å². The van der Waals surface area contributed by atoms with Crippen molar-refractivity contribution in [2.24, 2.45) is 0 Å². The van der Waals surface area contributed by atoms with Crippen LogP contribution in [0.5, 0.6) is 0 Å². The molecule has 170 valence electrons. The van der Waals surface area contributed by atoms with E-state index in [1.165, 1.54) is 29.7 Å². The topological polar surface area (TPSA) is 94.3 Å². The third kappa shape index (κ3) is 3.92. The normalized spacial score (nSPS) is 19.9. The fourth-order valence-corrected chi connectivity index (χ4v) is 4.91. The molecule has 4 aromatic heterocycles. The second-order valence-electron chi connectivity index (χ2n) is 7.90. The van der Waals surface area contributed by atoms with Crippen LogP contribution in [0.3, 0.4) is 0 Å². The maximum Gasteiger partial charge on any atom is 0.356 e. The van der Waals surface area contributed by atoms with Crippen LogP contribution in [0.15, 0.2) is 42.0 Å². The molecule has 0 saturated heterocycles. The Labute approximate surface area is 191 Å². The molecular weight excluding hydrogens is 450 g/mol. The van der Waals surface area contributed by atoms with E-state index in [2.05, 4.69) is 25.5 Å². The summed E-state index contributed by atoms with van der Waals surface area (Å²) >= 11 is 1.33. The molecule has 8 nitrogen and oxygen atoms in total. The van der Waals surface area contributed by atoms with Crippen LogP contribution < -0.4 is 5.32 Å². The SMILES string of the molecule is CCOC(=O)c1csc2nc(-c3ccc(NC[C@]4(c5ncccc5F)C[C@H](F)C4)nn3)cn12. The van der Waals surface area contributed by atoms with E-state index in [0.29, 0.717) is 34.4 Å². The minimum Gasteiger partial charge on any atom is -0.461 e. The van der Waals surface area contributed by atoms with E-state index in [-0.39, 0.29) is 25.1 Å². The molecule has 1 saturated carbocycles. The zero-order chi connectivity index (χ0) is 23.0. The van der Waals surface area contributed by atoms with Gasteiger partial charge in [0.25, 0.3) is 0 Å². The molecule has 11 heteroatoms. The molecule has 0 radical (unpaired) electrons. The lowest BCUT2D eigenvalue weighted by atomic mass is 9.65. The average molecular weight is 471 g/mol. The number of nitrogens with one attached hydrogen (secondary N) is 1. The minimum absolute atomic E-state index is 0.202. The standard InChI is InChI=1S/C22H20F2N6O2S/c1-2-32-20(31)17-11-33-21-27-16(10-30(17)21)15-5-6-18(29-28-15)26-12-22(8-13(23)9-22)19-14(24)4-3-7-25-19/h3-7,10-11,13H,2,8-9,12H2,1H3,(H,26,29)/t13-,22-. The molecule has 0 atom stereocenters. The third-order valence-corrected chi connectivity index (χ3v) is 6.55. The number of carbonyl (C=O) groups excluding carboxylic acids is 1. The van der Waals surface area contributed by atoms with E-state index in [0.717, 1.165) is 0 Å². The summed E-state index contributed by atoms with van der Waals surface area (Å²) in [6.07, 6.45) is 2.66. The van der Waals surface area contributed by atoms with Gasteiger partial charge in [0.05, 0.1) is 12.3 Å². The van der Waals surface area contributed by atoms with Crippen molar-refractivity contribution in [2.45, 2.75) is 31.4 Å². The highest BCUT2D eigenvalue weighted by Gasteiger charge is 2.48. The summed E-state index contributed by atoms with van der Waals surface area (Å²) in [6, 6.07) is 6.34. The van der Waals surface area contributed by atoms with Crippen LogP contribution in [0.4, 0.5) is 14.6 Å². The van der Waals surface area contributed by atoms with Gasteiger partial charge in [-0.1, -0.05) is 0 Å². The number of thiazole rings is 1. The van der Waals surface area contributed by atoms with Gasteiger partial charge < -0.3 is 10.1 Å². The Morgan fingerprint density at radius 1 is 1.30 bits per heavy atom. The number of hydrogen-bond acceptors (Lipinski definition) is 8. The second-order valence-corrected chi connectivity index (χ2v) is 8.73. The molecule has 1 N–H and O–H groups in total. The lowest BCUT2D eigenvalue weighted by molar-refractivity contribution is 0.0518. The number of ether oxygens (including phenoxy) is 1. The Hall–Kier alpha value is -3.47. The van der Waals surface area contributed by atoms with Crippen molar-refractivity contribution in [1.29, 1.82) is 0 Å². The quantitative estimate of drug-likeness (QED) is 0.407. The predicted molar refractivity (Wildman–Crippen MR) is 119 cm³/mol. The zero-order valence-corrected chi connectivity index (χ0v) is 18.5. The summed E-state index contributed by atoms with van der Waals surface area (Å²) < 4.78 is 34.8. The number of nitrogens with zero attached hydrogens (tertiary/aromatic N) is 5. The number of imidazole rings is 1. The van der Waals surface area contributed by atoms with Crippen LogP contribution in [-0.2, 0) is 10.2 Å². The maximum atomic E-state index is 14.3. The summed E-state index contributed by atoms with van der Waals surface area (Å²) in [6.45, 7) is 2.33. The summed E-state index contributed by atoms with van der Waals surface area (Å²) in [5.74, 6) is -0.373. The van der Waals surface area contributed by atoms with Crippen molar-refractivity contribution >= 4 is 28.1 Å². The number of anilines is 1. The molecule has 0 aliphatic heterocycles. The highest BCUT2D eigenvalue weighted by atomic mass is 32.1.